The van der Waals surface area contributed by atoms with Crippen LogP contribution in [0.5, 0.6) is 0 Å². The van der Waals surface area contributed by atoms with Gasteiger partial charge in [0.1, 0.15) is 17.0 Å². The third-order valence-electron chi connectivity index (χ3n) is 2.66. The lowest BCUT2D eigenvalue weighted by Gasteiger charge is -2.23. The van der Waals surface area contributed by atoms with Crippen LogP contribution in [-0.2, 0) is 28.7 Å². The van der Waals surface area contributed by atoms with Gasteiger partial charge in [-0.3, -0.25) is 19.2 Å². The number of hydrogen-bond donors (Lipinski definition) is 1. The molecule has 0 unspecified atom stereocenters. The van der Waals surface area contributed by atoms with Gasteiger partial charge >= 0.3 is 17.9 Å². The van der Waals surface area contributed by atoms with Crippen molar-refractivity contribution in [1.82, 2.24) is 0 Å². The van der Waals surface area contributed by atoms with E-state index in [-0.39, 0.29) is 25.0 Å². The van der Waals surface area contributed by atoms with Crippen LogP contribution in [0, 0.1) is 5.92 Å². The van der Waals surface area contributed by atoms with Crippen molar-refractivity contribution in [2.24, 2.45) is 5.92 Å². The van der Waals surface area contributed by atoms with Crippen LogP contribution in [0.25, 0.3) is 0 Å². The molecule has 24 heavy (non-hydrogen) atoms. The maximum Gasteiger partial charge on any atom is 0.310 e. The first-order valence-corrected chi connectivity index (χ1v) is 7.88. The first kappa shape index (κ1) is 22.1. The molecule has 0 aliphatic heterocycles. The van der Waals surface area contributed by atoms with E-state index in [1.54, 1.807) is 41.5 Å². The van der Waals surface area contributed by atoms with Gasteiger partial charge in [-0.25, -0.2) is 0 Å². The summed E-state index contributed by atoms with van der Waals surface area (Å²) < 4.78 is 10.2. The topological polar surface area (TPSA) is 107 Å². The monoisotopic (exact) mass is 344 g/mol. The number of carboxylic acid groups (broad SMARTS) is 1. The second kappa shape index (κ2) is 8.80. The summed E-state index contributed by atoms with van der Waals surface area (Å²) in [6, 6.07) is 0. The predicted octanol–water partition coefficient (Wildman–Crippen LogP) is 2.50. The summed E-state index contributed by atoms with van der Waals surface area (Å²) in [4.78, 5) is 46.5. The maximum absolute atomic E-state index is 12.0. The van der Waals surface area contributed by atoms with Crippen LogP contribution in [0.1, 0.15) is 67.2 Å². The molecule has 0 radical (unpaired) electrons. The first-order valence-electron chi connectivity index (χ1n) is 7.88. The zero-order valence-electron chi connectivity index (χ0n) is 15.3. The van der Waals surface area contributed by atoms with E-state index in [4.69, 9.17) is 14.6 Å². The third kappa shape index (κ3) is 11.6. The smallest absolute Gasteiger partial charge is 0.310 e. The van der Waals surface area contributed by atoms with Gasteiger partial charge in [-0.15, -0.1) is 0 Å². The Balaban J connectivity index is 4.63. The van der Waals surface area contributed by atoms with E-state index < -0.39 is 41.4 Å². The van der Waals surface area contributed by atoms with Gasteiger partial charge in [0.15, 0.2) is 0 Å². The second-order valence-electron chi connectivity index (χ2n) is 7.66. The predicted molar refractivity (Wildman–Crippen MR) is 86.3 cm³/mol. The molecule has 0 amide bonds. The molecule has 0 aromatic rings. The molecule has 138 valence electrons. The van der Waals surface area contributed by atoms with E-state index in [0.29, 0.717) is 0 Å². The standard InChI is InChI=1S/C17H28O7/c1-16(2,3)23-14(21)8-7-12(18)9-11(10-13(19)20)15(22)24-17(4,5)6/h11H,7-10H2,1-6H3,(H,19,20)/t11-/m0/s1. The summed E-state index contributed by atoms with van der Waals surface area (Å²) in [5.74, 6) is -3.87. The Labute approximate surface area is 142 Å². The summed E-state index contributed by atoms with van der Waals surface area (Å²) in [5.41, 5.74) is -1.41. The minimum Gasteiger partial charge on any atom is -0.481 e. The quantitative estimate of drug-likeness (QED) is 0.674. The normalized spacial score (nSPS) is 13.1. The number of carbonyl (C=O) groups is 4. The molecule has 7 nitrogen and oxygen atoms in total. The van der Waals surface area contributed by atoms with Gasteiger partial charge in [0.05, 0.1) is 18.8 Å². The van der Waals surface area contributed by atoms with E-state index in [1.807, 2.05) is 0 Å². The SMILES string of the molecule is CC(C)(C)OC(=O)CCC(=O)C[C@@H](CC(=O)O)C(=O)OC(C)(C)C. The van der Waals surface area contributed by atoms with Crippen LogP contribution in [0.4, 0.5) is 0 Å². The van der Waals surface area contributed by atoms with E-state index in [1.165, 1.54) is 0 Å². The molecule has 1 atom stereocenters. The zero-order valence-corrected chi connectivity index (χ0v) is 15.3. The molecule has 0 rings (SSSR count). The molecule has 7 heteroatoms. The molecule has 0 aromatic heterocycles. The highest BCUT2D eigenvalue weighted by atomic mass is 16.6. The fourth-order valence-electron chi connectivity index (χ4n) is 1.85. The van der Waals surface area contributed by atoms with E-state index in [9.17, 15) is 19.2 Å². The highest BCUT2D eigenvalue weighted by Gasteiger charge is 2.29. The van der Waals surface area contributed by atoms with Crippen LogP contribution >= 0.6 is 0 Å². The van der Waals surface area contributed by atoms with E-state index in [2.05, 4.69) is 0 Å². The van der Waals surface area contributed by atoms with Crippen LogP contribution < -0.4 is 0 Å². The molecule has 1 N–H and O–H groups in total. The molecular formula is C17H28O7. The second-order valence-corrected chi connectivity index (χ2v) is 7.66. The molecule has 0 aromatic carbocycles. The molecule has 0 saturated heterocycles. The average Bonchev–Trinajstić information content (AvgIpc) is 2.30. The number of Topliss-reactive ketones (excluding diaryl/α,β-unsaturated/α-hetero) is 1. The number of hydrogen-bond acceptors (Lipinski definition) is 6. The number of carboxylic acids is 1. The van der Waals surface area contributed by atoms with Crippen molar-refractivity contribution in [1.29, 1.82) is 0 Å². The summed E-state index contributed by atoms with van der Waals surface area (Å²) in [6.07, 6.45) is -0.977. The summed E-state index contributed by atoms with van der Waals surface area (Å²) in [7, 11) is 0. The zero-order chi connectivity index (χ0) is 19.1. The maximum atomic E-state index is 12.0. The van der Waals surface area contributed by atoms with Gasteiger partial charge in [-0.2, -0.15) is 0 Å². The molecule has 0 saturated carbocycles. The Morgan fingerprint density at radius 3 is 1.75 bits per heavy atom. The molecule has 0 fully saturated rings. The number of aliphatic carboxylic acids is 1. The van der Waals surface area contributed by atoms with Crippen LogP contribution in [-0.4, -0.2) is 40.0 Å². The highest BCUT2D eigenvalue weighted by Crippen LogP contribution is 2.19. The van der Waals surface area contributed by atoms with Gasteiger partial charge in [-0.05, 0) is 41.5 Å². The lowest BCUT2D eigenvalue weighted by molar-refractivity contribution is -0.164. The largest absolute Gasteiger partial charge is 0.481 e. The number of ketones is 1. The molecule has 0 bridgehead atoms. The average molecular weight is 344 g/mol. The molecule has 0 spiro atoms. The minimum absolute atomic E-state index is 0.103. The van der Waals surface area contributed by atoms with Crippen molar-refractivity contribution >= 4 is 23.7 Å². The molecule has 0 heterocycles. The molecular weight excluding hydrogens is 316 g/mol. The van der Waals surface area contributed by atoms with E-state index in [0.717, 1.165) is 0 Å². The Hall–Kier alpha value is -1.92. The highest BCUT2D eigenvalue weighted by molar-refractivity contribution is 5.88. The van der Waals surface area contributed by atoms with Crippen molar-refractivity contribution in [3.8, 4) is 0 Å². The molecule has 0 aliphatic rings. The minimum atomic E-state index is -1.19. The number of carbonyl (C=O) groups excluding carboxylic acids is 3. The lowest BCUT2D eigenvalue weighted by atomic mass is 9.96. The van der Waals surface area contributed by atoms with Gasteiger partial charge in [0.25, 0.3) is 0 Å². The van der Waals surface area contributed by atoms with Crippen LogP contribution in [0.15, 0.2) is 0 Å². The van der Waals surface area contributed by atoms with Crippen LogP contribution in [0.2, 0.25) is 0 Å². The van der Waals surface area contributed by atoms with Crippen molar-refractivity contribution in [3.05, 3.63) is 0 Å². The van der Waals surface area contributed by atoms with Gasteiger partial charge in [-0.1, -0.05) is 0 Å². The van der Waals surface area contributed by atoms with Crippen molar-refractivity contribution in [2.75, 3.05) is 0 Å². The summed E-state index contributed by atoms with van der Waals surface area (Å²) in [6.45, 7) is 10.1. The third-order valence-corrected chi connectivity index (χ3v) is 2.66. The number of esters is 2. The van der Waals surface area contributed by atoms with E-state index >= 15 is 0 Å². The lowest BCUT2D eigenvalue weighted by Crippen LogP contribution is -2.31. The van der Waals surface area contributed by atoms with Gasteiger partial charge in [0, 0.05) is 12.8 Å². The summed E-state index contributed by atoms with van der Waals surface area (Å²) in [5, 5.41) is 8.90. The summed E-state index contributed by atoms with van der Waals surface area (Å²) >= 11 is 0. The Morgan fingerprint density at radius 2 is 1.33 bits per heavy atom. The van der Waals surface area contributed by atoms with Crippen molar-refractivity contribution in [2.45, 2.75) is 78.4 Å². The van der Waals surface area contributed by atoms with Gasteiger partial charge < -0.3 is 14.6 Å². The number of ether oxygens (including phenoxy) is 2. The van der Waals surface area contributed by atoms with Crippen molar-refractivity contribution < 1.29 is 33.8 Å². The Bertz CT molecular complexity index is 480. The fourth-order valence-corrected chi connectivity index (χ4v) is 1.85. The first-order chi connectivity index (χ1) is 10.7. The number of rotatable bonds is 8. The Morgan fingerprint density at radius 1 is 0.833 bits per heavy atom. The van der Waals surface area contributed by atoms with Crippen molar-refractivity contribution in [3.63, 3.8) is 0 Å². The Kier molecular flexibility index (Phi) is 8.10. The fraction of sp³-hybridized carbons (Fsp3) is 0.765. The van der Waals surface area contributed by atoms with Crippen LogP contribution in [0.3, 0.4) is 0 Å². The molecule has 0 aliphatic carbocycles. The van der Waals surface area contributed by atoms with Gasteiger partial charge in [0.2, 0.25) is 0 Å².